The molecule has 1 heterocycles. The van der Waals surface area contributed by atoms with E-state index in [1.54, 1.807) is 13.3 Å². The minimum atomic E-state index is 0. The molecule has 1 aliphatic carbocycles. The molecule has 0 aromatic carbocycles. The first-order valence-electron chi connectivity index (χ1n) is 7.36. The SMILES string of the molecule is CCNC(=NCc1cccnc1OC)NC1CCCC1.I. The molecule has 1 fully saturated rings. The van der Waals surface area contributed by atoms with Crippen LogP contribution in [-0.4, -0.2) is 30.6 Å². The van der Waals surface area contributed by atoms with Gasteiger partial charge in [-0.05, 0) is 25.8 Å². The van der Waals surface area contributed by atoms with E-state index in [2.05, 4.69) is 27.5 Å². The zero-order valence-electron chi connectivity index (χ0n) is 12.8. The summed E-state index contributed by atoms with van der Waals surface area (Å²) in [4.78, 5) is 8.82. The van der Waals surface area contributed by atoms with Gasteiger partial charge in [0.25, 0.3) is 0 Å². The predicted molar refractivity (Wildman–Crippen MR) is 96.4 cm³/mol. The van der Waals surface area contributed by atoms with Crippen molar-refractivity contribution in [2.24, 2.45) is 4.99 Å². The molecule has 0 radical (unpaired) electrons. The lowest BCUT2D eigenvalue weighted by Gasteiger charge is -2.16. The van der Waals surface area contributed by atoms with Crippen molar-refractivity contribution in [1.82, 2.24) is 15.6 Å². The van der Waals surface area contributed by atoms with E-state index in [1.807, 2.05) is 12.1 Å². The first-order valence-corrected chi connectivity index (χ1v) is 7.36. The van der Waals surface area contributed by atoms with Gasteiger partial charge in [0, 0.05) is 24.3 Å². The largest absolute Gasteiger partial charge is 0.481 e. The molecular weight excluding hydrogens is 379 g/mol. The summed E-state index contributed by atoms with van der Waals surface area (Å²) in [7, 11) is 1.64. The first kappa shape index (κ1) is 18.0. The maximum Gasteiger partial charge on any atom is 0.218 e. The summed E-state index contributed by atoms with van der Waals surface area (Å²) in [6.07, 6.45) is 6.83. The molecule has 5 nitrogen and oxygen atoms in total. The summed E-state index contributed by atoms with van der Waals surface area (Å²) < 4.78 is 5.25. The highest BCUT2D eigenvalue weighted by Crippen LogP contribution is 2.18. The summed E-state index contributed by atoms with van der Waals surface area (Å²) in [5, 5.41) is 6.80. The summed E-state index contributed by atoms with van der Waals surface area (Å²) in [6, 6.07) is 4.46. The molecule has 6 heteroatoms. The monoisotopic (exact) mass is 404 g/mol. The van der Waals surface area contributed by atoms with Gasteiger partial charge in [0.2, 0.25) is 5.88 Å². The zero-order chi connectivity index (χ0) is 14.2. The number of halogens is 1. The second kappa shape index (κ2) is 9.81. The van der Waals surface area contributed by atoms with Crippen molar-refractivity contribution in [3.63, 3.8) is 0 Å². The van der Waals surface area contributed by atoms with Gasteiger partial charge in [-0.3, -0.25) is 0 Å². The Bertz CT molecular complexity index is 447. The average Bonchev–Trinajstić information content (AvgIpc) is 2.98. The Morgan fingerprint density at radius 2 is 2.19 bits per heavy atom. The number of rotatable bonds is 5. The third-order valence-electron chi connectivity index (χ3n) is 3.49. The summed E-state index contributed by atoms with van der Waals surface area (Å²) in [5.41, 5.74) is 0.999. The van der Waals surface area contributed by atoms with Gasteiger partial charge >= 0.3 is 0 Å². The molecule has 0 amide bonds. The second-order valence-corrected chi connectivity index (χ2v) is 4.99. The van der Waals surface area contributed by atoms with Gasteiger partial charge in [-0.1, -0.05) is 18.9 Å². The van der Waals surface area contributed by atoms with E-state index in [-0.39, 0.29) is 24.0 Å². The Morgan fingerprint density at radius 1 is 1.43 bits per heavy atom. The van der Waals surface area contributed by atoms with Gasteiger partial charge in [0.15, 0.2) is 5.96 Å². The molecule has 21 heavy (non-hydrogen) atoms. The molecule has 118 valence electrons. The molecule has 2 rings (SSSR count). The van der Waals surface area contributed by atoms with Crippen molar-refractivity contribution >= 4 is 29.9 Å². The van der Waals surface area contributed by atoms with Crippen LogP contribution in [0, 0.1) is 0 Å². The number of hydrogen-bond acceptors (Lipinski definition) is 3. The topological polar surface area (TPSA) is 58.5 Å². The molecule has 1 aliphatic rings. The fourth-order valence-corrected chi connectivity index (χ4v) is 2.48. The minimum absolute atomic E-state index is 0. The van der Waals surface area contributed by atoms with E-state index in [9.17, 15) is 0 Å². The Morgan fingerprint density at radius 3 is 2.86 bits per heavy atom. The molecule has 0 bridgehead atoms. The van der Waals surface area contributed by atoms with E-state index in [4.69, 9.17) is 4.74 Å². The highest BCUT2D eigenvalue weighted by Gasteiger charge is 2.15. The highest BCUT2D eigenvalue weighted by atomic mass is 127. The molecule has 0 spiro atoms. The van der Waals surface area contributed by atoms with Crippen LogP contribution in [0.15, 0.2) is 23.3 Å². The van der Waals surface area contributed by atoms with E-state index < -0.39 is 0 Å². The molecule has 0 atom stereocenters. The van der Waals surface area contributed by atoms with Crippen LogP contribution in [0.25, 0.3) is 0 Å². The fourth-order valence-electron chi connectivity index (χ4n) is 2.48. The molecule has 1 aromatic rings. The van der Waals surface area contributed by atoms with Crippen LogP contribution in [0.5, 0.6) is 5.88 Å². The van der Waals surface area contributed by atoms with Gasteiger partial charge < -0.3 is 15.4 Å². The third kappa shape index (κ3) is 5.68. The average molecular weight is 404 g/mol. The van der Waals surface area contributed by atoms with Crippen LogP contribution in [0.1, 0.15) is 38.2 Å². The maximum atomic E-state index is 5.25. The third-order valence-corrected chi connectivity index (χ3v) is 3.49. The molecule has 1 aromatic heterocycles. The standard InChI is InChI=1S/C15H24N4O.HI/c1-3-16-15(19-13-8-4-5-9-13)18-11-12-7-6-10-17-14(12)20-2;/h6-7,10,13H,3-5,8-9,11H2,1-2H3,(H2,16,18,19);1H. The fraction of sp³-hybridized carbons (Fsp3) is 0.600. The van der Waals surface area contributed by atoms with Crippen molar-refractivity contribution in [2.75, 3.05) is 13.7 Å². The van der Waals surface area contributed by atoms with Crippen molar-refractivity contribution in [3.05, 3.63) is 23.9 Å². The number of nitrogens with one attached hydrogen (secondary N) is 2. The highest BCUT2D eigenvalue weighted by molar-refractivity contribution is 14.0. The number of hydrogen-bond donors (Lipinski definition) is 2. The number of nitrogens with zero attached hydrogens (tertiary/aromatic N) is 2. The van der Waals surface area contributed by atoms with E-state index >= 15 is 0 Å². The van der Waals surface area contributed by atoms with Crippen LogP contribution in [0.2, 0.25) is 0 Å². The Labute approximate surface area is 144 Å². The number of guanidine groups is 1. The summed E-state index contributed by atoms with van der Waals surface area (Å²) in [6.45, 7) is 3.51. The van der Waals surface area contributed by atoms with Gasteiger partial charge in [-0.15, -0.1) is 24.0 Å². The molecule has 1 saturated carbocycles. The number of aliphatic imine (C=N–C) groups is 1. The van der Waals surface area contributed by atoms with Crippen molar-refractivity contribution in [1.29, 1.82) is 0 Å². The van der Waals surface area contributed by atoms with Crippen molar-refractivity contribution in [3.8, 4) is 5.88 Å². The normalized spacial score (nSPS) is 15.4. The smallest absolute Gasteiger partial charge is 0.218 e. The van der Waals surface area contributed by atoms with Crippen molar-refractivity contribution in [2.45, 2.75) is 45.2 Å². The molecule has 0 saturated heterocycles. The van der Waals surface area contributed by atoms with Gasteiger partial charge in [0.1, 0.15) is 0 Å². The number of pyridine rings is 1. The van der Waals surface area contributed by atoms with Gasteiger partial charge in [-0.2, -0.15) is 0 Å². The lowest BCUT2D eigenvalue weighted by atomic mass is 10.2. The predicted octanol–water partition coefficient (Wildman–Crippen LogP) is 2.71. The van der Waals surface area contributed by atoms with Crippen LogP contribution >= 0.6 is 24.0 Å². The van der Waals surface area contributed by atoms with Crippen LogP contribution in [-0.2, 0) is 6.54 Å². The Balaban J connectivity index is 0.00000220. The number of aromatic nitrogens is 1. The Kier molecular flexibility index (Phi) is 8.41. The van der Waals surface area contributed by atoms with E-state index in [0.29, 0.717) is 18.5 Å². The second-order valence-electron chi connectivity index (χ2n) is 4.99. The molecule has 0 unspecified atom stereocenters. The first-order chi connectivity index (χ1) is 9.83. The molecule has 0 aliphatic heterocycles. The molecular formula is C15H25IN4O. The molecule has 2 N–H and O–H groups in total. The van der Waals surface area contributed by atoms with Crippen molar-refractivity contribution < 1.29 is 4.74 Å². The summed E-state index contributed by atoms with van der Waals surface area (Å²) >= 11 is 0. The lowest BCUT2D eigenvalue weighted by molar-refractivity contribution is 0.392. The van der Waals surface area contributed by atoms with Crippen LogP contribution in [0.3, 0.4) is 0 Å². The number of methoxy groups -OCH3 is 1. The minimum Gasteiger partial charge on any atom is -0.481 e. The maximum absolute atomic E-state index is 5.25. The zero-order valence-corrected chi connectivity index (χ0v) is 15.1. The Hall–Kier alpha value is -1.05. The quantitative estimate of drug-likeness (QED) is 0.450. The van der Waals surface area contributed by atoms with Gasteiger partial charge in [0.05, 0.1) is 13.7 Å². The lowest BCUT2D eigenvalue weighted by Crippen LogP contribution is -2.42. The van der Waals surface area contributed by atoms with Gasteiger partial charge in [-0.25, -0.2) is 9.98 Å². The van der Waals surface area contributed by atoms with E-state index in [0.717, 1.165) is 18.1 Å². The van der Waals surface area contributed by atoms with E-state index in [1.165, 1.54) is 25.7 Å². The van der Waals surface area contributed by atoms with Crippen LogP contribution in [0.4, 0.5) is 0 Å². The number of ether oxygens (including phenoxy) is 1. The summed E-state index contributed by atoms with van der Waals surface area (Å²) in [5.74, 6) is 1.53. The van der Waals surface area contributed by atoms with Crippen LogP contribution < -0.4 is 15.4 Å².